The lowest BCUT2D eigenvalue weighted by atomic mass is 9.79. The van der Waals surface area contributed by atoms with Gasteiger partial charge in [0.2, 0.25) is 0 Å². The van der Waals surface area contributed by atoms with Gasteiger partial charge in [0.1, 0.15) is 5.69 Å². The van der Waals surface area contributed by atoms with Crippen LogP contribution in [0.3, 0.4) is 0 Å². The van der Waals surface area contributed by atoms with Gasteiger partial charge in [0, 0.05) is 24.9 Å². The first-order valence-corrected chi connectivity index (χ1v) is 10.2. The Morgan fingerprint density at radius 1 is 1.23 bits per heavy atom. The molecule has 2 amide bonds. The maximum Gasteiger partial charge on any atom is 0.405 e. The zero-order valence-corrected chi connectivity index (χ0v) is 18.3. The Bertz CT molecular complexity index is 1450. The van der Waals surface area contributed by atoms with Crippen LogP contribution in [0.5, 0.6) is 0 Å². The molecule has 4 aromatic rings. The van der Waals surface area contributed by atoms with Crippen LogP contribution < -0.4 is 10.2 Å². The van der Waals surface area contributed by atoms with Crippen molar-refractivity contribution in [2.24, 2.45) is 7.05 Å². The molecule has 35 heavy (non-hydrogen) atoms. The molecule has 1 N–H and O–H groups in total. The second-order valence-corrected chi connectivity index (χ2v) is 8.11. The van der Waals surface area contributed by atoms with Crippen molar-refractivity contribution >= 4 is 34.7 Å². The first kappa shape index (κ1) is 22.9. The van der Waals surface area contributed by atoms with Gasteiger partial charge in [0.05, 0.1) is 42.2 Å². The molecule has 0 aliphatic carbocycles. The van der Waals surface area contributed by atoms with Gasteiger partial charge in [-0.2, -0.15) is 28.5 Å². The quantitative estimate of drug-likeness (QED) is 0.418. The van der Waals surface area contributed by atoms with Crippen LogP contribution in [0.4, 0.5) is 38.1 Å². The van der Waals surface area contributed by atoms with Gasteiger partial charge in [0.15, 0.2) is 16.2 Å². The van der Waals surface area contributed by atoms with E-state index in [1.807, 2.05) is 0 Å². The minimum absolute atomic E-state index is 0.0356. The zero-order chi connectivity index (χ0) is 25.1. The van der Waals surface area contributed by atoms with Crippen molar-refractivity contribution in [2.75, 3.05) is 16.8 Å². The molecule has 1 aliphatic rings. The Labute approximate surface area is 197 Å². The van der Waals surface area contributed by atoms with E-state index in [1.165, 1.54) is 24.0 Å². The molecule has 0 fully saturated rings. The van der Waals surface area contributed by atoms with Crippen LogP contribution in [0.15, 0.2) is 36.9 Å². The largest absolute Gasteiger partial charge is 0.405 e. The smallest absolute Gasteiger partial charge is 0.306 e. The highest BCUT2D eigenvalue weighted by Gasteiger charge is 2.65. The number of amides is 2. The second-order valence-electron chi connectivity index (χ2n) is 7.72. The topological polar surface area (TPSA) is 106 Å². The van der Waals surface area contributed by atoms with Gasteiger partial charge in [0.25, 0.3) is 6.43 Å². The normalized spacial score (nSPS) is 17.9. The van der Waals surface area contributed by atoms with E-state index in [0.717, 1.165) is 34.1 Å². The third-order valence-electron chi connectivity index (χ3n) is 5.60. The molecule has 10 nitrogen and oxygen atoms in total. The molecule has 0 radical (unpaired) electrons. The molecule has 0 bridgehead atoms. The molecule has 0 aromatic carbocycles. The minimum Gasteiger partial charge on any atom is -0.306 e. The number of nitrogens with zero attached hydrogens (tertiary/aromatic N) is 8. The highest BCUT2D eigenvalue weighted by Crippen LogP contribution is 2.54. The monoisotopic (exact) mass is 513 g/mol. The Morgan fingerprint density at radius 2 is 2.00 bits per heavy atom. The number of anilines is 2. The maximum atomic E-state index is 14.9. The molecule has 5 heterocycles. The average Bonchev–Trinajstić information content (AvgIpc) is 3.47. The van der Waals surface area contributed by atoms with Gasteiger partial charge in [-0.05, 0) is 6.07 Å². The molecule has 5 rings (SSSR count). The molecule has 1 aliphatic heterocycles. The molecule has 0 saturated carbocycles. The molecule has 1 atom stereocenters. The van der Waals surface area contributed by atoms with Crippen molar-refractivity contribution in [1.29, 1.82) is 0 Å². The van der Waals surface area contributed by atoms with E-state index in [-0.39, 0.29) is 27.7 Å². The van der Waals surface area contributed by atoms with E-state index >= 15 is 0 Å². The Morgan fingerprint density at radius 3 is 2.66 bits per heavy atom. The SMILES string of the molecule is Cn1cc([C@@]2(C(F)(F)F)CN(C(=O)Nc3cnnc(C(F)F)c3)c3cnc4cc(Cl)nn4c32)cn1. The number of aryl methyl sites for hydroxylation is 1. The van der Waals surface area contributed by atoms with Crippen LogP contribution in [0.2, 0.25) is 5.15 Å². The summed E-state index contributed by atoms with van der Waals surface area (Å²) < 4.78 is 72.9. The number of fused-ring (bicyclic) bond motifs is 3. The fraction of sp³-hybridized carbons (Fsp3) is 0.263. The third-order valence-corrected chi connectivity index (χ3v) is 5.78. The molecular weight excluding hydrogens is 501 g/mol. The van der Waals surface area contributed by atoms with Crippen LogP contribution in [-0.4, -0.2) is 53.3 Å². The molecular formula is C19H13ClF5N9O. The summed E-state index contributed by atoms with van der Waals surface area (Å²) in [5.41, 5.74) is -4.45. The number of hydrogen-bond acceptors (Lipinski definition) is 6. The first-order valence-electron chi connectivity index (χ1n) is 9.81. The van der Waals surface area contributed by atoms with E-state index in [0.29, 0.717) is 0 Å². The van der Waals surface area contributed by atoms with Gasteiger partial charge < -0.3 is 5.32 Å². The number of halogens is 6. The van der Waals surface area contributed by atoms with Gasteiger partial charge in [-0.25, -0.2) is 23.1 Å². The lowest BCUT2D eigenvalue weighted by Crippen LogP contribution is -2.49. The van der Waals surface area contributed by atoms with E-state index in [1.54, 1.807) is 0 Å². The van der Waals surface area contributed by atoms with E-state index in [4.69, 9.17) is 11.6 Å². The number of carbonyl (C=O) groups excluding carboxylic acids is 1. The maximum absolute atomic E-state index is 14.9. The molecule has 4 aromatic heterocycles. The van der Waals surface area contributed by atoms with Crippen molar-refractivity contribution in [3.63, 3.8) is 0 Å². The van der Waals surface area contributed by atoms with Gasteiger partial charge in [-0.1, -0.05) is 11.6 Å². The molecule has 0 saturated heterocycles. The number of alkyl halides is 5. The van der Waals surface area contributed by atoms with E-state index in [2.05, 4.69) is 30.7 Å². The van der Waals surface area contributed by atoms with Crippen LogP contribution in [0.25, 0.3) is 5.65 Å². The van der Waals surface area contributed by atoms with Crippen molar-refractivity contribution in [3.8, 4) is 0 Å². The van der Waals surface area contributed by atoms with Crippen molar-refractivity contribution < 1.29 is 26.7 Å². The summed E-state index contributed by atoms with van der Waals surface area (Å²) >= 11 is 5.95. The standard InChI is InChI=1S/C19H13ClF5N9O/c1-32-7-9(4-28-32)18(19(23,24)25)8-33(12-6-26-14-3-13(20)31-34(14)15(12)18)17(35)29-10-2-11(16(21)22)30-27-5-10/h2-7,16H,8H2,1H3,(H,29,30,35)/t18-/m0/s1. The third kappa shape index (κ3) is 3.53. The fourth-order valence-corrected chi connectivity index (χ4v) is 4.25. The summed E-state index contributed by atoms with van der Waals surface area (Å²) in [6.07, 6.45) is -3.55. The Kier molecular flexibility index (Phi) is 5.12. The van der Waals surface area contributed by atoms with E-state index in [9.17, 15) is 26.7 Å². The van der Waals surface area contributed by atoms with Gasteiger partial charge in [-0.15, -0.1) is 5.10 Å². The summed E-state index contributed by atoms with van der Waals surface area (Å²) in [5, 5.41) is 16.7. The molecule has 0 spiro atoms. The highest BCUT2D eigenvalue weighted by molar-refractivity contribution is 6.29. The van der Waals surface area contributed by atoms with Crippen LogP contribution in [0, 0.1) is 0 Å². The minimum atomic E-state index is -4.92. The Balaban J connectivity index is 1.68. The lowest BCUT2D eigenvalue weighted by molar-refractivity contribution is -0.174. The summed E-state index contributed by atoms with van der Waals surface area (Å²) in [6, 6.07) is 1.12. The predicted octanol–water partition coefficient (Wildman–Crippen LogP) is 3.74. The lowest BCUT2D eigenvalue weighted by Gasteiger charge is -2.31. The highest BCUT2D eigenvalue weighted by atomic mass is 35.5. The van der Waals surface area contributed by atoms with Crippen LogP contribution in [-0.2, 0) is 12.5 Å². The summed E-state index contributed by atoms with van der Waals surface area (Å²) in [5.74, 6) is 0. The second kappa shape index (κ2) is 7.83. The zero-order valence-electron chi connectivity index (χ0n) is 17.5. The summed E-state index contributed by atoms with van der Waals surface area (Å²) in [4.78, 5) is 18.0. The van der Waals surface area contributed by atoms with Crippen LogP contribution in [0.1, 0.15) is 23.4 Å². The van der Waals surface area contributed by atoms with E-state index < -0.39 is 42.0 Å². The van der Waals surface area contributed by atoms with Crippen LogP contribution >= 0.6 is 11.6 Å². The molecule has 16 heteroatoms. The Hall–Kier alpha value is -3.88. The van der Waals surface area contributed by atoms with Crippen molar-refractivity contribution in [2.45, 2.75) is 18.0 Å². The number of urea groups is 1. The van der Waals surface area contributed by atoms with Crippen molar-refractivity contribution in [3.05, 3.63) is 59.0 Å². The fourth-order valence-electron chi connectivity index (χ4n) is 4.08. The number of rotatable bonds is 3. The summed E-state index contributed by atoms with van der Waals surface area (Å²) in [6.45, 7) is -0.901. The van der Waals surface area contributed by atoms with Gasteiger partial charge >= 0.3 is 12.2 Å². The number of aromatic nitrogens is 7. The predicted molar refractivity (Wildman–Crippen MR) is 111 cm³/mol. The first-order chi connectivity index (χ1) is 16.5. The molecule has 0 unspecified atom stereocenters. The molecule has 182 valence electrons. The number of nitrogens with one attached hydrogen (secondary N) is 1. The number of hydrogen-bond donors (Lipinski definition) is 1. The van der Waals surface area contributed by atoms with Crippen molar-refractivity contribution in [1.82, 2.24) is 34.6 Å². The summed E-state index contributed by atoms with van der Waals surface area (Å²) in [7, 11) is 1.46. The van der Waals surface area contributed by atoms with Gasteiger partial charge in [-0.3, -0.25) is 9.58 Å². The number of carbonyl (C=O) groups is 1. The average molecular weight is 514 g/mol.